The van der Waals surface area contributed by atoms with Gasteiger partial charge in [0, 0.05) is 24.3 Å². The number of nitrogens with one attached hydrogen (secondary N) is 2. The summed E-state index contributed by atoms with van der Waals surface area (Å²) in [5, 5.41) is 20.2. The molecule has 34 heavy (non-hydrogen) atoms. The van der Waals surface area contributed by atoms with E-state index >= 15 is 0 Å². The molecule has 0 bridgehead atoms. The number of nitrogens with zero attached hydrogens (tertiary/aromatic N) is 3. The molecule has 2 saturated carbocycles. The maximum absolute atomic E-state index is 13.2. The zero-order valence-electron chi connectivity index (χ0n) is 18.9. The van der Waals surface area contributed by atoms with Gasteiger partial charge in [0.05, 0.1) is 18.0 Å². The zero-order chi connectivity index (χ0) is 24.1. The number of carbonyl (C=O) groups is 2. The first-order valence-electron chi connectivity index (χ1n) is 11.7. The van der Waals surface area contributed by atoms with E-state index in [1.807, 2.05) is 0 Å². The second kappa shape index (κ2) is 10.5. The molecular formula is C24H29FN6O3. The maximum Gasteiger partial charge on any atom is 0.407 e. The van der Waals surface area contributed by atoms with Gasteiger partial charge >= 0.3 is 6.09 Å². The summed E-state index contributed by atoms with van der Waals surface area (Å²) >= 11 is 0. The van der Waals surface area contributed by atoms with E-state index < -0.39 is 17.9 Å². The molecule has 2 amide bonds. The number of aromatic nitrogens is 2. The van der Waals surface area contributed by atoms with E-state index in [9.17, 15) is 19.2 Å². The van der Waals surface area contributed by atoms with Gasteiger partial charge in [-0.1, -0.05) is 19.3 Å². The van der Waals surface area contributed by atoms with Crippen molar-refractivity contribution < 1.29 is 18.7 Å². The molecule has 3 atom stereocenters. The van der Waals surface area contributed by atoms with Crippen LogP contribution in [0.25, 0.3) is 0 Å². The summed E-state index contributed by atoms with van der Waals surface area (Å²) in [6, 6.07) is 7.80. The second-order valence-corrected chi connectivity index (χ2v) is 8.99. The summed E-state index contributed by atoms with van der Waals surface area (Å²) in [5.74, 6) is -1.27. The summed E-state index contributed by atoms with van der Waals surface area (Å²) in [6.45, 7) is 0. The Morgan fingerprint density at radius 2 is 1.88 bits per heavy atom. The Labute approximate surface area is 197 Å². The number of hydrogen-bond acceptors (Lipinski definition) is 6. The lowest BCUT2D eigenvalue weighted by atomic mass is 9.83. The van der Waals surface area contributed by atoms with Gasteiger partial charge in [-0.05, 0) is 49.9 Å². The fourth-order valence-electron chi connectivity index (χ4n) is 4.78. The van der Waals surface area contributed by atoms with E-state index in [1.54, 1.807) is 4.68 Å². The average Bonchev–Trinajstić information content (AvgIpc) is 3.25. The van der Waals surface area contributed by atoms with Crippen LogP contribution in [0.1, 0.15) is 67.8 Å². The predicted molar refractivity (Wildman–Crippen MR) is 123 cm³/mol. The molecule has 2 aliphatic carbocycles. The highest BCUT2D eigenvalue weighted by molar-refractivity contribution is 5.98. The van der Waals surface area contributed by atoms with Gasteiger partial charge in [0.15, 0.2) is 5.82 Å². The Morgan fingerprint density at radius 1 is 1.15 bits per heavy atom. The number of nitriles is 1. The Bertz CT molecular complexity index is 1060. The Morgan fingerprint density at radius 3 is 2.56 bits per heavy atom. The number of carbonyl (C=O) groups excluding carboxylic acids is 2. The number of anilines is 2. The normalized spacial score (nSPS) is 23.0. The zero-order valence-corrected chi connectivity index (χ0v) is 18.9. The molecule has 1 aromatic heterocycles. The van der Waals surface area contributed by atoms with Gasteiger partial charge in [-0.25, -0.2) is 9.18 Å². The van der Waals surface area contributed by atoms with Crippen molar-refractivity contribution in [3.63, 3.8) is 0 Å². The third kappa shape index (κ3) is 5.65. The number of rotatable bonds is 6. The van der Waals surface area contributed by atoms with Crippen LogP contribution in [0.3, 0.4) is 0 Å². The van der Waals surface area contributed by atoms with E-state index in [0.717, 1.165) is 25.7 Å². The molecule has 4 N–H and O–H groups in total. The van der Waals surface area contributed by atoms with Crippen molar-refractivity contribution in [2.45, 2.75) is 69.6 Å². The minimum Gasteiger partial charge on any atom is -0.446 e. The lowest BCUT2D eigenvalue weighted by Crippen LogP contribution is -2.40. The summed E-state index contributed by atoms with van der Waals surface area (Å²) in [6.07, 6.45) is 7.63. The topological polar surface area (TPSA) is 135 Å². The Hall–Kier alpha value is -3.61. The highest BCUT2D eigenvalue weighted by Crippen LogP contribution is 2.36. The summed E-state index contributed by atoms with van der Waals surface area (Å²) in [4.78, 5) is 24.3. The number of halogens is 1. The molecule has 180 valence electrons. The van der Waals surface area contributed by atoms with Gasteiger partial charge < -0.3 is 21.1 Å². The number of alkyl carbamates (subject to hydrolysis) is 1. The molecule has 1 heterocycles. The molecule has 2 aromatic rings. The fourth-order valence-corrected chi connectivity index (χ4v) is 4.78. The summed E-state index contributed by atoms with van der Waals surface area (Å²) in [5.41, 5.74) is 6.25. The van der Waals surface area contributed by atoms with E-state index in [1.165, 1.54) is 36.9 Å². The number of nitrogens with two attached hydrogens (primary N) is 1. The van der Waals surface area contributed by atoms with Crippen molar-refractivity contribution in [2.24, 2.45) is 11.7 Å². The van der Waals surface area contributed by atoms with Crippen LogP contribution in [0.5, 0.6) is 0 Å². The summed E-state index contributed by atoms with van der Waals surface area (Å²) < 4.78 is 20.4. The van der Waals surface area contributed by atoms with Crippen LogP contribution >= 0.6 is 0 Å². The third-order valence-electron chi connectivity index (χ3n) is 6.58. The van der Waals surface area contributed by atoms with Gasteiger partial charge in [0.1, 0.15) is 17.5 Å². The van der Waals surface area contributed by atoms with Crippen molar-refractivity contribution >= 4 is 23.5 Å². The molecule has 1 unspecified atom stereocenters. The molecule has 0 spiro atoms. The van der Waals surface area contributed by atoms with Crippen LogP contribution in [0.4, 0.5) is 20.7 Å². The second-order valence-electron chi connectivity index (χ2n) is 8.99. The molecule has 10 heteroatoms. The van der Waals surface area contributed by atoms with Crippen LogP contribution in [0.2, 0.25) is 0 Å². The quantitative estimate of drug-likeness (QED) is 0.583. The first-order chi connectivity index (χ1) is 16.4. The number of amides is 2. The fraction of sp³-hybridized carbons (Fsp3) is 0.500. The van der Waals surface area contributed by atoms with Gasteiger partial charge in [0.25, 0.3) is 5.91 Å². The molecule has 0 radical (unpaired) electrons. The number of primary amides is 1. The van der Waals surface area contributed by atoms with Gasteiger partial charge in [-0.3, -0.25) is 9.48 Å². The molecule has 1 aromatic carbocycles. The van der Waals surface area contributed by atoms with Gasteiger partial charge in [-0.2, -0.15) is 10.4 Å². The smallest absolute Gasteiger partial charge is 0.407 e. The average molecular weight is 469 g/mol. The molecular weight excluding hydrogens is 439 g/mol. The largest absolute Gasteiger partial charge is 0.446 e. The van der Waals surface area contributed by atoms with Crippen LogP contribution in [-0.2, 0) is 4.74 Å². The molecule has 0 aliphatic heterocycles. The first-order valence-corrected chi connectivity index (χ1v) is 11.7. The molecule has 2 fully saturated rings. The maximum atomic E-state index is 13.2. The lowest BCUT2D eigenvalue weighted by Gasteiger charge is -2.32. The number of hydrogen-bond donors (Lipinski definition) is 3. The van der Waals surface area contributed by atoms with Crippen molar-refractivity contribution in [3.05, 3.63) is 41.8 Å². The number of ether oxygens (including phenoxy) is 1. The van der Waals surface area contributed by atoms with E-state index in [-0.39, 0.29) is 35.4 Å². The number of benzene rings is 1. The standard InChI is InChI=1S/C24H29FN6O3/c25-16-6-8-18(9-7-16)28-23-20(22(27)32)14-31(30-23)21-11-10-19(12-15(21)13-26)34-24(33)29-17-4-2-1-3-5-17/h6-9,14-15,17,19,21H,1-5,10-12H2,(H2,27,32)(H,28,30)(H,29,33)/t15?,19-,21+/m1/s1. The van der Waals surface area contributed by atoms with E-state index in [0.29, 0.717) is 24.9 Å². The van der Waals surface area contributed by atoms with Crippen molar-refractivity contribution in [3.8, 4) is 6.07 Å². The molecule has 4 rings (SSSR count). The summed E-state index contributed by atoms with van der Waals surface area (Å²) in [7, 11) is 0. The molecule has 9 nitrogen and oxygen atoms in total. The van der Waals surface area contributed by atoms with Crippen molar-refractivity contribution in [2.75, 3.05) is 5.32 Å². The Balaban J connectivity index is 1.42. The highest BCUT2D eigenvalue weighted by atomic mass is 19.1. The van der Waals surface area contributed by atoms with Gasteiger partial charge in [0.2, 0.25) is 0 Å². The first kappa shape index (κ1) is 23.5. The third-order valence-corrected chi connectivity index (χ3v) is 6.58. The highest BCUT2D eigenvalue weighted by Gasteiger charge is 2.35. The SMILES string of the molecule is N#CC1C[C@H](OC(=O)NC2CCCCC2)CC[C@@H]1n1cc(C(N)=O)c(Nc2ccc(F)cc2)n1. The van der Waals surface area contributed by atoms with Crippen molar-refractivity contribution in [1.82, 2.24) is 15.1 Å². The van der Waals surface area contributed by atoms with Crippen molar-refractivity contribution in [1.29, 1.82) is 5.26 Å². The molecule has 2 aliphatic rings. The van der Waals surface area contributed by atoms with Crippen LogP contribution in [0.15, 0.2) is 30.5 Å². The lowest BCUT2D eigenvalue weighted by molar-refractivity contribution is 0.0488. The Kier molecular flexibility index (Phi) is 7.30. The minimum atomic E-state index is -0.666. The van der Waals surface area contributed by atoms with Crippen LogP contribution < -0.4 is 16.4 Å². The van der Waals surface area contributed by atoms with Gasteiger partial charge in [-0.15, -0.1) is 0 Å². The minimum absolute atomic E-state index is 0.160. The predicted octanol–water partition coefficient (Wildman–Crippen LogP) is 4.16. The van der Waals surface area contributed by atoms with E-state index in [4.69, 9.17) is 10.5 Å². The van der Waals surface area contributed by atoms with Crippen LogP contribution in [-0.4, -0.2) is 33.9 Å². The van der Waals surface area contributed by atoms with Crippen LogP contribution in [0, 0.1) is 23.1 Å². The molecule has 0 saturated heterocycles. The van der Waals surface area contributed by atoms with E-state index in [2.05, 4.69) is 21.8 Å². The monoisotopic (exact) mass is 468 g/mol.